The minimum Gasteiger partial charge on any atom is -0.478 e. The molecule has 1 unspecified atom stereocenters. The van der Waals surface area contributed by atoms with Crippen LogP contribution in [0, 0.1) is 0 Å². The van der Waals surface area contributed by atoms with Gasteiger partial charge in [-0.25, -0.2) is 9.78 Å². The van der Waals surface area contributed by atoms with Crippen LogP contribution in [0.3, 0.4) is 0 Å². The Bertz CT molecular complexity index is 439. The second kappa shape index (κ2) is 5.91. The first kappa shape index (κ1) is 13.0. The maximum Gasteiger partial charge on any atom is 0.328 e. The SMILES string of the molecule is CN(c1ccc(/C=C/C(=O)O)cn1)C1CCSC1. The van der Waals surface area contributed by atoms with Gasteiger partial charge >= 0.3 is 5.97 Å². The molecule has 96 valence electrons. The minimum atomic E-state index is -0.945. The molecule has 18 heavy (non-hydrogen) atoms. The number of aliphatic carboxylic acids is 1. The average Bonchev–Trinajstić information content (AvgIpc) is 2.90. The molecule has 1 aliphatic heterocycles. The summed E-state index contributed by atoms with van der Waals surface area (Å²) >= 11 is 1.97. The van der Waals surface area contributed by atoms with Crippen LogP contribution in [0.2, 0.25) is 0 Å². The fourth-order valence-corrected chi connectivity index (χ4v) is 3.15. The molecule has 0 aliphatic carbocycles. The van der Waals surface area contributed by atoms with E-state index in [1.165, 1.54) is 12.2 Å². The smallest absolute Gasteiger partial charge is 0.328 e. The normalized spacial score (nSPS) is 19.3. The molecule has 1 aliphatic rings. The number of hydrogen-bond donors (Lipinski definition) is 1. The highest BCUT2D eigenvalue weighted by Crippen LogP contribution is 2.24. The molecule has 0 bridgehead atoms. The lowest BCUT2D eigenvalue weighted by Gasteiger charge is -2.24. The molecule has 0 radical (unpaired) electrons. The van der Waals surface area contributed by atoms with Crippen molar-refractivity contribution < 1.29 is 9.90 Å². The zero-order valence-corrected chi connectivity index (χ0v) is 11.1. The van der Waals surface area contributed by atoms with Gasteiger partial charge in [-0.3, -0.25) is 0 Å². The number of thioether (sulfide) groups is 1. The zero-order chi connectivity index (χ0) is 13.0. The van der Waals surface area contributed by atoms with E-state index in [0.717, 1.165) is 23.2 Å². The summed E-state index contributed by atoms with van der Waals surface area (Å²) in [5.41, 5.74) is 0.801. The first-order chi connectivity index (χ1) is 8.66. The van der Waals surface area contributed by atoms with Crippen LogP contribution in [0.25, 0.3) is 6.08 Å². The number of anilines is 1. The van der Waals surface area contributed by atoms with Gasteiger partial charge in [0.15, 0.2) is 0 Å². The molecule has 1 aromatic rings. The van der Waals surface area contributed by atoms with Crippen molar-refractivity contribution >= 4 is 29.6 Å². The number of carbonyl (C=O) groups is 1. The molecule has 1 saturated heterocycles. The van der Waals surface area contributed by atoms with Crippen molar-refractivity contribution in [3.05, 3.63) is 30.0 Å². The van der Waals surface area contributed by atoms with Crippen LogP contribution in [0.1, 0.15) is 12.0 Å². The van der Waals surface area contributed by atoms with E-state index in [0.29, 0.717) is 6.04 Å². The molecule has 5 heteroatoms. The topological polar surface area (TPSA) is 53.4 Å². The molecule has 0 aromatic carbocycles. The highest BCUT2D eigenvalue weighted by molar-refractivity contribution is 7.99. The molecule has 2 rings (SSSR count). The summed E-state index contributed by atoms with van der Waals surface area (Å²) < 4.78 is 0. The Morgan fingerprint density at radius 3 is 3.00 bits per heavy atom. The lowest BCUT2D eigenvalue weighted by Crippen LogP contribution is -2.31. The minimum absolute atomic E-state index is 0.558. The van der Waals surface area contributed by atoms with Crippen LogP contribution in [0.15, 0.2) is 24.4 Å². The fourth-order valence-electron chi connectivity index (χ4n) is 1.89. The van der Waals surface area contributed by atoms with E-state index in [4.69, 9.17) is 5.11 Å². The fraction of sp³-hybridized carbons (Fsp3) is 0.385. The largest absolute Gasteiger partial charge is 0.478 e. The third-order valence-corrected chi connectivity index (χ3v) is 4.15. The van der Waals surface area contributed by atoms with Gasteiger partial charge in [0.2, 0.25) is 0 Å². The van der Waals surface area contributed by atoms with E-state index >= 15 is 0 Å². The summed E-state index contributed by atoms with van der Waals surface area (Å²) in [6.07, 6.45) is 5.56. The Hall–Kier alpha value is -1.49. The number of rotatable bonds is 4. The first-order valence-electron chi connectivity index (χ1n) is 5.84. The van der Waals surface area contributed by atoms with Crippen LogP contribution < -0.4 is 4.90 Å². The summed E-state index contributed by atoms with van der Waals surface area (Å²) in [4.78, 5) is 17.0. The summed E-state index contributed by atoms with van der Waals surface area (Å²) in [5, 5.41) is 8.54. The number of carboxylic acids is 1. The van der Waals surface area contributed by atoms with Gasteiger partial charge in [0.1, 0.15) is 5.82 Å². The zero-order valence-electron chi connectivity index (χ0n) is 10.2. The van der Waals surface area contributed by atoms with Gasteiger partial charge in [-0.2, -0.15) is 11.8 Å². The van der Waals surface area contributed by atoms with Gasteiger partial charge < -0.3 is 10.0 Å². The molecular weight excluding hydrogens is 248 g/mol. The number of carboxylic acid groups (broad SMARTS) is 1. The second-order valence-electron chi connectivity index (χ2n) is 4.25. The van der Waals surface area contributed by atoms with Gasteiger partial charge in [0.25, 0.3) is 0 Å². The Morgan fingerprint density at radius 2 is 2.44 bits per heavy atom. The van der Waals surface area contributed by atoms with Crippen molar-refractivity contribution in [3.8, 4) is 0 Å². The van der Waals surface area contributed by atoms with Gasteiger partial charge in [-0.05, 0) is 35.9 Å². The van der Waals surface area contributed by atoms with Gasteiger partial charge in [-0.15, -0.1) is 0 Å². The summed E-state index contributed by atoms with van der Waals surface area (Å²) in [6, 6.07) is 4.38. The van der Waals surface area contributed by atoms with Crippen molar-refractivity contribution in [3.63, 3.8) is 0 Å². The van der Waals surface area contributed by atoms with E-state index in [-0.39, 0.29) is 0 Å². The summed E-state index contributed by atoms with van der Waals surface area (Å²) in [5.74, 6) is 2.36. The quantitative estimate of drug-likeness (QED) is 0.844. The van der Waals surface area contributed by atoms with Gasteiger partial charge in [0.05, 0.1) is 0 Å². The second-order valence-corrected chi connectivity index (χ2v) is 5.40. The van der Waals surface area contributed by atoms with Crippen LogP contribution in [-0.4, -0.2) is 40.7 Å². The first-order valence-corrected chi connectivity index (χ1v) is 7.00. The highest BCUT2D eigenvalue weighted by Gasteiger charge is 2.20. The predicted molar refractivity (Wildman–Crippen MR) is 75.0 cm³/mol. The molecule has 1 aromatic heterocycles. The van der Waals surface area contributed by atoms with Crippen LogP contribution in [0.4, 0.5) is 5.82 Å². The van der Waals surface area contributed by atoms with Gasteiger partial charge in [0, 0.05) is 31.1 Å². The number of pyridine rings is 1. The summed E-state index contributed by atoms with van der Waals surface area (Å²) in [6.45, 7) is 0. The highest BCUT2D eigenvalue weighted by atomic mass is 32.2. The third kappa shape index (κ3) is 3.26. The lowest BCUT2D eigenvalue weighted by atomic mass is 10.2. The van der Waals surface area contributed by atoms with Crippen LogP contribution in [-0.2, 0) is 4.79 Å². The Labute approximate surface area is 111 Å². The predicted octanol–water partition coefficient (Wildman–Crippen LogP) is 2.12. The summed E-state index contributed by atoms with van der Waals surface area (Å²) in [7, 11) is 2.06. The molecule has 4 nitrogen and oxygen atoms in total. The Balaban J connectivity index is 2.04. The van der Waals surface area contributed by atoms with Crippen molar-refractivity contribution in [2.45, 2.75) is 12.5 Å². The lowest BCUT2D eigenvalue weighted by molar-refractivity contribution is -0.131. The van der Waals surface area contributed by atoms with Crippen molar-refractivity contribution in [2.24, 2.45) is 0 Å². The van der Waals surface area contributed by atoms with E-state index < -0.39 is 5.97 Å². The van der Waals surface area contributed by atoms with Crippen molar-refractivity contribution in [2.75, 3.05) is 23.5 Å². The standard InChI is InChI=1S/C13H16N2O2S/c1-15(11-6-7-18-9-11)12-4-2-10(8-14-12)3-5-13(16)17/h2-5,8,11H,6-7,9H2,1H3,(H,16,17)/b5-3+. The number of nitrogens with zero attached hydrogens (tertiary/aromatic N) is 2. The number of aromatic nitrogens is 1. The number of hydrogen-bond acceptors (Lipinski definition) is 4. The maximum atomic E-state index is 10.4. The molecule has 0 amide bonds. The molecule has 1 N–H and O–H groups in total. The van der Waals surface area contributed by atoms with E-state index in [1.807, 2.05) is 23.9 Å². The molecule has 0 spiro atoms. The van der Waals surface area contributed by atoms with E-state index in [2.05, 4.69) is 16.9 Å². The van der Waals surface area contributed by atoms with E-state index in [9.17, 15) is 4.79 Å². The van der Waals surface area contributed by atoms with Gasteiger partial charge in [-0.1, -0.05) is 0 Å². The molecule has 1 atom stereocenters. The monoisotopic (exact) mass is 264 g/mol. The Morgan fingerprint density at radius 1 is 1.61 bits per heavy atom. The molecule has 1 fully saturated rings. The van der Waals surface area contributed by atoms with Crippen molar-refractivity contribution in [1.29, 1.82) is 0 Å². The average molecular weight is 264 g/mol. The third-order valence-electron chi connectivity index (χ3n) is 3.00. The van der Waals surface area contributed by atoms with Crippen LogP contribution >= 0.6 is 11.8 Å². The molecular formula is C13H16N2O2S. The Kier molecular flexibility index (Phi) is 4.25. The van der Waals surface area contributed by atoms with Crippen LogP contribution in [0.5, 0.6) is 0 Å². The maximum absolute atomic E-state index is 10.4. The van der Waals surface area contributed by atoms with E-state index in [1.54, 1.807) is 12.3 Å². The van der Waals surface area contributed by atoms with Crippen molar-refractivity contribution in [1.82, 2.24) is 4.98 Å². The molecule has 0 saturated carbocycles. The molecule has 2 heterocycles.